The second-order valence-electron chi connectivity index (χ2n) is 2.83. The summed E-state index contributed by atoms with van der Waals surface area (Å²) in [6, 6.07) is 4.13. The van der Waals surface area contributed by atoms with Gasteiger partial charge in [0.25, 0.3) is 0 Å². The van der Waals surface area contributed by atoms with Gasteiger partial charge in [0.2, 0.25) is 0 Å². The maximum atomic E-state index is 10.4. The lowest BCUT2D eigenvalue weighted by atomic mass is 10.1. The van der Waals surface area contributed by atoms with E-state index in [4.69, 9.17) is 9.79 Å². The van der Waals surface area contributed by atoms with Crippen LogP contribution in [-0.4, -0.2) is 21.2 Å². The summed E-state index contributed by atoms with van der Waals surface area (Å²) >= 11 is 0. The van der Waals surface area contributed by atoms with Crippen molar-refractivity contribution in [1.29, 1.82) is 0 Å². The van der Waals surface area contributed by atoms with Crippen LogP contribution in [0.3, 0.4) is 0 Å². The Morgan fingerprint density at radius 2 is 2.00 bits per heavy atom. The van der Waals surface area contributed by atoms with Gasteiger partial charge >= 0.3 is 7.82 Å². The van der Waals surface area contributed by atoms with Crippen LogP contribution in [0.1, 0.15) is 15.9 Å². The Bertz CT molecular complexity index is 461. The summed E-state index contributed by atoms with van der Waals surface area (Å²) in [5.41, 5.74) is 0.574. The Balaban J connectivity index is 2.79. The highest BCUT2D eigenvalue weighted by Crippen LogP contribution is 2.36. The molecule has 1 aromatic rings. The van der Waals surface area contributed by atoms with E-state index in [9.17, 15) is 14.5 Å². The molecule has 0 saturated carbocycles. The molecule has 0 fully saturated rings. The van der Waals surface area contributed by atoms with Gasteiger partial charge in [0.1, 0.15) is 5.75 Å². The van der Waals surface area contributed by atoms with Gasteiger partial charge < -0.3 is 9.63 Å². The van der Waals surface area contributed by atoms with Crippen molar-refractivity contribution in [1.82, 2.24) is 0 Å². The van der Waals surface area contributed by atoms with E-state index in [2.05, 4.69) is 4.52 Å². The number of phosphoric acid groups is 1. The monoisotopic (exact) mass is 244 g/mol. The average molecular weight is 244 g/mol. The molecule has 0 aromatic heterocycles. The smallest absolute Gasteiger partial charge is 0.507 e. The van der Waals surface area contributed by atoms with Crippen molar-refractivity contribution >= 4 is 20.2 Å². The van der Waals surface area contributed by atoms with Crippen LogP contribution in [0.4, 0.5) is 0 Å². The molecule has 0 unspecified atom stereocenters. The maximum absolute atomic E-state index is 10.4. The van der Waals surface area contributed by atoms with E-state index in [-0.39, 0.29) is 11.3 Å². The molecule has 16 heavy (non-hydrogen) atoms. The minimum Gasteiger partial charge on any atom is -0.507 e. The Kier molecular flexibility index (Phi) is 3.84. The molecule has 0 spiro atoms. The van der Waals surface area contributed by atoms with Gasteiger partial charge in [-0.15, -0.1) is 0 Å². The van der Waals surface area contributed by atoms with E-state index in [1.165, 1.54) is 24.3 Å². The summed E-state index contributed by atoms with van der Waals surface area (Å²) in [5, 5.41) is 9.29. The van der Waals surface area contributed by atoms with Crippen LogP contribution in [0.15, 0.2) is 24.5 Å². The normalized spacial score (nSPS) is 11.6. The fourth-order valence-corrected chi connectivity index (χ4v) is 1.17. The number of phosphoric ester groups is 1. The van der Waals surface area contributed by atoms with Gasteiger partial charge in [-0.3, -0.25) is 14.6 Å². The molecule has 1 aromatic carbocycles. The number of benzene rings is 1. The van der Waals surface area contributed by atoms with Gasteiger partial charge in [-0.2, -0.15) is 0 Å². The third-order valence-corrected chi connectivity index (χ3v) is 2.04. The molecule has 3 N–H and O–H groups in total. The van der Waals surface area contributed by atoms with Gasteiger partial charge in [-0.05, 0) is 23.8 Å². The van der Waals surface area contributed by atoms with Gasteiger partial charge in [0, 0.05) is 0 Å². The van der Waals surface area contributed by atoms with E-state index >= 15 is 0 Å². The number of hydrogen-bond acceptors (Lipinski definition) is 4. The number of aromatic hydroxyl groups is 1. The number of phenolic OH excluding ortho intramolecular Hbond substituents is 1. The predicted molar refractivity (Wildman–Crippen MR) is 55.7 cm³/mol. The van der Waals surface area contributed by atoms with E-state index in [0.29, 0.717) is 11.8 Å². The third kappa shape index (κ3) is 3.86. The molecule has 0 heterocycles. The molecule has 0 saturated heterocycles. The lowest BCUT2D eigenvalue weighted by molar-refractivity contribution is 0.112. The molecule has 0 bridgehead atoms. The van der Waals surface area contributed by atoms with E-state index < -0.39 is 7.82 Å². The van der Waals surface area contributed by atoms with Crippen molar-refractivity contribution in [2.24, 2.45) is 0 Å². The van der Waals surface area contributed by atoms with Crippen LogP contribution in [0.25, 0.3) is 6.08 Å². The highest BCUT2D eigenvalue weighted by Gasteiger charge is 2.11. The molecule has 0 radical (unpaired) electrons. The lowest BCUT2D eigenvalue weighted by Gasteiger charge is -2.01. The van der Waals surface area contributed by atoms with Crippen molar-refractivity contribution in [2.45, 2.75) is 0 Å². The van der Waals surface area contributed by atoms with Crippen molar-refractivity contribution in [2.75, 3.05) is 0 Å². The van der Waals surface area contributed by atoms with Crippen molar-refractivity contribution < 1.29 is 28.8 Å². The quantitative estimate of drug-likeness (QED) is 0.418. The van der Waals surface area contributed by atoms with Crippen LogP contribution in [0.2, 0.25) is 0 Å². The summed E-state index contributed by atoms with van der Waals surface area (Å²) in [5.74, 6) is -0.215. The molecule has 1 rings (SSSR count). The van der Waals surface area contributed by atoms with Crippen LogP contribution < -0.4 is 0 Å². The number of carbonyl (C=O) groups excluding carboxylic acids is 1. The van der Waals surface area contributed by atoms with Gasteiger partial charge in [0.05, 0.1) is 11.8 Å². The summed E-state index contributed by atoms with van der Waals surface area (Å²) < 4.78 is 14.4. The van der Waals surface area contributed by atoms with Crippen LogP contribution in [0.5, 0.6) is 5.75 Å². The zero-order chi connectivity index (χ0) is 12.2. The topological polar surface area (TPSA) is 104 Å². The molecule has 6 nitrogen and oxygen atoms in total. The molecule has 0 atom stereocenters. The molecular formula is C9H9O6P. The summed E-state index contributed by atoms with van der Waals surface area (Å²) in [7, 11) is -4.54. The molecule has 0 amide bonds. The summed E-state index contributed by atoms with van der Waals surface area (Å²) in [4.78, 5) is 27.1. The molecule has 7 heteroatoms. The largest absolute Gasteiger partial charge is 0.524 e. The Labute approximate surface area is 91.0 Å². The third-order valence-electron chi connectivity index (χ3n) is 1.64. The molecule has 0 aliphatic carbocycles. The SMILES string of the molecule is O=Cc1ccc(/C=C/OP(=O)(O)O)cc1O. The van der Waals surface area contributed by atoms with E-state index in [1.54, 1.807) is 0 Å². The van der Waals surface area contributed by atoms with Gasteiger partial charge in [-0.1, -0.05) is 6.07 Å². The first-order valence-electron chi connectivity index (χ1n) is 4.11. The maximum Gasteiger partial charge on any atom is 0.524 e. The Morgan fingerprint density at radius 3 is 2.50 bits per heavy atom. The minimum atomic E-state index is -4.54. The number of hydrogen-bond donors (Lipinski definition) is 3. The molecule has 0 aliphatic rings. The minimum absolute atomic E-state index is 0.132. The average Bonchev–Trinajstić information content (AvgIpc) is 2.16. The second-order valence-corrected chi connectivity index (χ2v) is 4.03. The Morgan fingerprint density at radius 1 is 1.31 bits per heavy atom. The predicted octanol–water partition coefficient (Wildman–Crippen LogP) is 1.28. The highest BCUT2D eigenvalue weighted by molar-refractivity contribution is 7.46. The summed E-state index contributed by atoms with van der Waals surface area (Å²) in [6.07, 6.45) is 2.55. The lowest BCUT2D eigenvalue weighted by Crippen LogP contribution is -1.82. The van der Waals surface area contributed by atoms with Crippen LogP contribution in [-0.2, 0) is 9.09 Å². The van der Waals surface area contributed by atoms with Crippen molar-refractivity contribution in [3.63, 3.8) is 0 Å². The zero-order valence-corrected chi connectivity index (χ0v) is 8.87. The Hall–Kier alpha value is -1.62. The number of carbonyl (C=O) groups is 1. The highest BCUT2D eigenvalue weighted by atomic mass is 31.2. The van der Waals surface area contributed by atoms with Crippen molar-refractivity contribution in [3.05, 3.63) is 35.6 Å². The van der Waals surface area contributed by atoms with E-state index in [1.807, 2.05) is 0 Å². The standard InChI is InChI=1S/C9H9O6P/c10-6-8-2-1-7(5-9(8)11)3-4-15-16(12,13)14/h1-6,11H,(H2,12,13,14)/b4-3+. The van der Waals surface area contributed by atoms with Gasteiger partial charge in [-0.25, -0.2) is 4.57 Å². The molecule has 86 valence electrons. The van der Waals surface area contributed by atoms with Crippen molar-refractivity contribution in [3.8, 4) is 5.75 Å². The number of phenols is 1. The van der Waals surface area contributed by atoms with Crippen LogP contribution >= 0.6 is 7.82 Å². The number of aldehydes is 1. The number of rotatable bonds is 4. The first-order valence-corrected chi connectivity index (χ1v) is 5.64. The molecular weight excluding hydrogens is 235 g/mol. The zero-order valence-electron chi connectivity index (χ0n) is 7.98. The first-order chi connectivity index (χ1) is 7.42. The van der Waals surface area contributed by atoms with Gasteiger partial charge in [0.15, 0.2) is 6.29 Å². The molecule has 0 aliphatic heterocycles. The fraction of sp³-hybridized carbons (Fsp3) is 0. The first kappa shape index (κ1) is 12.4. The fourth-order valence-electron chi connectivity index (χ4n) is 0.952. The second kappa shape index (κ2) is 4.94. The summed E-state index contributed by atoms with van der Waals surface area (Å²) in [6.45, 7) is 0. The van der Waals surface area contributed by atoms with E-state index in [0.717, 1.165) is 6.26 Å². The van der Waals surface area contributed by atoms with Crippen LogP contribution in [0, 0.1) is 0 Å².